The number of anilines is 1. The molecular weight excluding hydrogens is 468 g/mol. The van der Waals surface area contributed by atoms with Gasteiger partial charge in [-0.25, -0.2) is 0 Å². The van der Waals surface area contributed by atoms with Crippen LogP contribution in [0.2, 0.25) is 0 Å². The Labute approximate surface area is 216 Å². The minimum atomic E-state index is -0.950. The zero-order chi connectivity index (χ0) is 25.8. The van der Waals surface area contributed by atoms with Gasteiger partial charge in [-0.15, -0.1) is 0 Å². The molecule has 0 radical (unpaired) electrons. The molecule has 2 amide bonds. The molecule has 1 spiro atoms. The molecule has 7 heteroatoms. The van der Waals surface area contributed by atoms with Crippen molar-refractivity contribution in [3.05, 3.63) is 82.9 Å². The van der Waals surface area contributed by atoms with Gasteiger partial charge in [0.1, 0.15) is 17.8 Å². The van der Waals surface area contributed by atoms with Gasteiger partial charge in [0.2, 0.25) is 12.7 Å². The number of hydrogen-bond acceptors (Lipinski definition) is 5. The average Bonchev–Trinajstić information content (AvgIpc) is 3.55. The quantitative estimate of drug-likeness (QED) is 0.547. The lowest BCUT2D eigenvalue weighted by Crippen LogP contribution is -2.42. The van der Waals surface area contributed by atoms with Crippen molar-refractivity contribution >= 4 is 17.5 Å². The summed E-state index contributed by atoms with van der Waals surface area (Å²) in [4.78, 5) is 28.8. The third-order valence-corrected chi connectivity index (χ3v) is 7.33. The maximum atomic E-state index is 14.2. The molecule has 7 nitrogen and oxygen atoms in total. The molecule has 1 N–H and O–H groups in total. The van der Waals surface area contributed by atoms with Gasteiger partial charge >= 0.3 is 0 Å². The number of benzene rings is 3. The van der Waals surface area contributed by atoms with Crippen molar-refractivity contribution in [2.24, 2.45) is 5.41 Å². The van der Waals surface area contributed by atoms with Gasteiger partial charge in [0, 0.05) is 29.4 Å². The summed E-state index contributed by atoms with van der Waals surface area (Å²) in [6, 6.07) is 19.0. The number of hydrogen-bond donors (Lipinski definition) is 1. The van der Waals surface area contributed by atoms with Gasteiger partial charge in [0.25, 0.3) is 5.91 Å². The Kier molecular flexibility index (Phi) is 5.40. The molecule has 37 heavy (non-hydrogen) atoms. The summed E-state index contributed by atoms with van der Waals surface area (Å²) >= 11 is 0. The van der Waals surface area contributed by atoms with Crippen LogP contribution in [0.15, 0.2) is 60.7 Å². The lowest BCUT2D eigenvalue weighted by atomic mass is 9.77. The summed E-state index contributed by atoms with van der Waals surface area (Å²) in [7, 11) is 0. The molecule has 3 heterocycles. The van der Waals surface area contributed by atoms with Crippen molar-refractivity contribution in [1.82, 2.24) is 5.32 Å². The Balaban J connectivity index is 1.30. The molecule has 3 aliphatic rings. The first-order valence-corrected chi connectivity index (χ1v) is 12.6. The summed E-state index contributed by atoms with van der Waals surface area (Å²) < 4.78 is 17.2. The predicted molar refractivity (Wildman–Crippen MR) is 139 cm³/mol. The van der Waals surface area contributed by atoms with Crippen LogP contribution in [0, 0.1) is 5.41 Å². The molecule has 0 aliphatic carbocycles. The number of fused-ring (bicyclic) bond motifs is 5. The van der Waals surface area contributed by atoms with Crippen molar-refractivity contribution in [3.8, 4) is 17.2 Å². The maximum Gasteiger partial charge on any atom is 0.251 e. The monoisotopic (exact) mass is 498 g/mol. The number of nitrogens with zero attached hydrogens (tertiary/aromatic N) is 1. The van der Waals surface area contributed by atoms with Gasteiger partial charge in [-0.05, 0) is 47.2 Å². The summed E-state index contributed by atoms with van der Waals surface area (Å²) in [5.41, 5.74) is 3.22. The smallest absolute Gasteiger partial charge is 0.251 e. The first-order valence-electron chi connectivity index (χ1n) is 12.6. The number of rotatable bonds is 5. The van der Waals surface area contributed by atoms with Gasteiger partial charge < -0.3 is 24.4 Å². The van der Waals surface area contributed by atoms with Crippen molar-refractivity contribution in [1.29, 1.82) is 0 Å². The fourth-order valence-electron chi connectivity index (χ4n) is 5.37. The van der Waals surface area contributed by atoms with Crippen LogP contribution >= 0.6 is 0 Å². The van der Waals surface area contributed by atoms with Crippen LogP contribution in [0.25, 0.3) is 0 Å². The number of ether oxygens (including phenoxy) is 3. The molecule has 6 rings (SSSR count). The maximum absolute atomic E-state index is 14.2. The first-order chi connectivity index (χ1) is 17.8. The van der Waals surface area contributed by atoms with Crippen molar-refractivity contribution in [3.63, 3.8) is 0 Å². The van der Waals surface area contributed by atoms with Gasteiger partial charge in [0.15, 0.2) is 11.5 Å². The van der Waals surface area contributed by atoms with Crippen molar-refractivity contribution in [2.75, 3.05) is 24.8 Å². The Bertz CT molecular complexity index is 1410. The van der Waals surface area contributed by atoms with E-state index in [9.17, 15) is 9.59 Å². The van der Waals surface area contributed by atoms with Gasteiger partial charge in [-0.1, -0.05) is 51.1 Å². The van der Waals surface area contributed by atoms with E-state index in [-0.39, 0.29) is 30.6 Å². The van der Waals surface area contributed by atoms with Gasteiger partial charge in [-0.3, -0.25) is 9.59 Å². The van der Waals surface area contributed by atoms with E-state index >= 15 is 0 Å². The second kappa shape index (κ2) is 8.54. The highest BCUT2D eigenvalue weighted by Crippen LogP contribution is 2.55. The minimum Gasteiger partial charge on any atom is -0.491 e. The van der Waals surface area contributed by atoms with Crippen molar-refractivity contribution in [2.45, 2.75) is 39.2 Å². The minimum absolute atomic E-state index is 0.0497. The highest BCUT2D eigenvalue weighted by Gasteiger charge is 2.57. The number of carbonyl (C=O) groups excluding carboxylic acids is 2. The molecule has 0 bridgehead atoms. The second-order valence-corrected chi connectivity index (χ2v) is 11.1. The summed E-state index contributed by atoms with van der Waals surface area (Å²) in [6.45, 7) is 7.79. The van der Waals surface area contributed by atoms with E-state index in [0.29, 0.717) is 35.9 Å². The van der Waals surface area contributed by atoms with Crippen LogP contribution in [0.5, 0.6) is 17.2 Å². The second-order valence-electron chi connectivity index (χ2n) is 11.1. The summed E-state index contributed by atoms with van der Waals surface area (Å²) in [5.74, 6) is 1.74. The van der Waals surface area contributed by atoms with E-state index in [1.54, 1.807) is 11.0 Å². The highest BCUT2D eigenvalue weighted by atomic mass is 16.7. The molecule has 1 atom stereocenters. The van der Waals surface area contributed by atoms with E-state index in [2.05, 4.69) is 26.1 Å². The Morgan fingerprint density at radius 3 is 2.54 bits per heavy atom. The Morgan fingerprint density at radius 1 is 0.946 bits per heavy atom. The van der Waals surface area contributed by atoms with Gasteiger partial charge in [-0.2, -0.15) is 0 Å². The molecule has 3 aliphatic heterocycles. The summed E-state index contributed by atoms with van der Waals surface area (Å²) in [5, 5.41) is 3.01. The van der Waals surface area contributed by atoms with Crippen LogP contribution < -0.4 is 24.4 Å². The molecule has 0 fully saturated rings. The van der Waals surface area contributed by atoms with E-state index in [4.69, 9.17) is 14.2 Å². The zero-order valence-electron chi connectivity index (χ0n) is 21.3. The molecule has 3 aromatic rings. The molecule has 1 unspecified atom stereocenters. The molecule has 0 saturated heterocycles. The Morgan fingerprint density at radius 2 is 1.73 bits per heavy atom. The van der Waals surface area contributed by atoms with E-state index < -0.39 is 5.41 Å². The van der Waals surface area contributed by atoms with Crippen LogP contribution in [0.1, 0.15) is 54.2 Å². The fourth-order valence-corrected chi connectivity index (χ4v) is 5.37. The molecule has 0 saturated carbocycles. The third-order valence-electron chi connectivity index (χ3n) is 7.33. The number of para-hydroxylation sites is 1. The van der Waals surface area contributed by atoms with Crippen molar-refractivity contribution < 1.29 is 23.8 Å². The lowest BCUT2D eigenvalue weighted by Gasteiger charge is -2.23. The van der Waals surface area contributed by atoms with Gasteiger partial charge in [0.05, 0.1) is 6.54 Å². The number of amides is 2. The lowest BCUT2D eigenvalue weighted by molar-refractivity contribution is -0.122. The van der Waals surface area contributed by atoms with Crippen LogP contribution in [-0.2, 0) is 16.8 Å². The van der Waals surface area contributed by atoms with Crippen LogP contribution in [0.4, 0.5) is 5.69 Å². The molecule has 0 aromatic heterocycles. The fraction of sp³-hybridized carbons (Fsp3) is 0.333. The molecular formula is C30H30N2O5. The topological polar surface area (TPSA) is 77.1 Å². The largest absolute Gasteiger partial charge is 0.491 e. The normalized spacial score (nSPS) is 19.1. The Hall–Kier alpha value is -4.00. The predicted octanol–water partition coefficient (Wildman–Crippen LogP) is 4.81. The summed E-state index contributed by atoms with van der Waals surface area (Å²) in [6.07, 6.45) is 0.892. The van der Waals surface area contributed by atoms with E-state index in [1.807, 2.05) is 54.6 Å². The SMILES string of the molecule is CC(C)(C)CCNC(=O)c1cccc(CN2C(=O)C3(COc4cc5c(cc43)OCO5)c3ccccc32)c1. The third kappa shape index (κ3) is 3.89. The first kappa shape index (κ1) is 23.4. The van der Waals surface area contributed by atoms with E-state index in [0.717, 1.165) is 28.8 Å². The van der Waals surface area contributed by atoms with Crippen LogP contribution in [0.3, 0.4) is 0 Å². The molecule has 3 aromatic carbocycles. The number of carbonyl (C=O) groups is 2. The standard InChI is InChI=1S/C30H30N2O5/c1-29(2,3)11-12-31-27(33)20-8-6-7-19(13-20)16-32-23-10-5-4-9-21(23)30(28(32)34)17-35-24-15-26-25(14-22(24)30)36-18-37-26/h4-10,13-15H,11-12,16-18H2,1-3H3,(H,31,33). The highest BCUT2D eigenvalue weighted by molar-refractivity contribution is 6.11. The van der Waals surface area contributed by atoms with Crippen LogP contribution in [-0.4, -0.2) is 31.8 Å². The molecule has 190 valence electrons. The number of nitrogens with one attached hydrogen (secondary N) is 1. The average molecular weight is 499 g/mol. The zero-order valence-corrected chi connectivity index (χ0v) is 21.3. The van der Waals surface area contributed by atoms with E-state index in [1.165, 1.54) is 0 Å².